The Morgan fingerprint density at radius 3 is 2.75 bits per heavy atom. The van der Waals surface area contributed by atoms with Gasteiger partial charge in [0.05, 0.1) is 0 Å². The highest BCUT2D eigenvalue weighted by Gasteiger charge is 2.13. The topological polar surface area (TPSA) is 65.1 Å². The van der Waals surface area contributed by atoms with Crippen LogP contribution in [-0.4, -0.2) is 49.2 Å². The number of hydrogen-bond acceptors (Lipinski definition) is 4. The second kappa shape index (κ2) is 7.14. The molecule has 0 bridgehead atoms. The van der Waals surface area contributed by atoms with Crippen LogP contribution in [0.4, 0.5) is 5.69 Å². The van der Waals surface area contributed by atoms with Gasteiger partial charge in [0.15, 0.2) is 5.84 Å². The summed E-state index contributed by atoms with van der Waals surface area (Å²) in [6, 6.07) is 7.75. The lowest BCUT2D eigenvalue weighted by Gasteiger charge is -2.23. The van der Waals surface area contributed by atoms with E-state index in [9.17, 15) is 0 Å². The first-order chi connectivity index (χ1) is 9.72. The molecule has 5 nitrogen and oxygen atoms in total. The summed E-state index contributed by atoms with van der Waals surface area (Å²) in [7, 11) is 2.05. The van der Waals surface area contributed by atoms with E-state index in [1.807, 2.05) is 31.3 Å². The summed E-state index contributed by atoms with van der Waals surface area (Å²) in [4.78, 5) is 4.69. The minimum absolute atomic E-state index is 0.159. The number of para-hydroxylation sites is 1. The van der Waals surface area contributed by atoms with Crippen LogP contribution in [0.3, 0.4) is 0 Å². The van der Waals surface area contributed by atoms with E-state index in [0.717, 1.165) is 30.8 Å². The molecule has 1 saturated heterocycles. The minimum Gasteiger partial charge on any atom is -0.409 e. The third-order valence-corrected chi connectivity index (χ3v) is 3.87. The van der Waals surface area contributed by atoms with Crippen LogP contribution >= 0.6 is 0 Å². The Morgan fingerprint density at radius 1 is 1.35 bits per heavy atom. The van der Waals surface area contributed by atoms with E-state index in [1.54, 1.807) is 0 Å². The van der Waals surface area contributed by atoms with Crippen LogP contribution in [0.2, 0.25) is 0 Å². The Hall–Kier alpha value is -1.75. The van der Waals surface area contributed by atoms with E-state index >= 15 is 0 Å². The lowest BCUT2D eigenvalue weighted by atomic mass is 10.1. The Bertz CT molecular complexity index is 455. The van der Waals surface area contributed by atoms with Gasteiger partial charge in [-0.15, -0.1) is 0 Å². The van der Waals surface area contributed by atoms with Crippen molar-refractivity contribution in [1.82, 2.24) is 4.90 Å². The van der Waals surface area contributed by atoms with Gasteiger partial charge in [-0.2, -0.15) is 0 Å². The summed E-state index contributed by atoms with van der Waals surface area (Å²) < 4.78 is 0. The van der Waals surface area contributed by atoms with Crippen molar-refractivity contribution in [1.29, 1.82) is 0 Å². The number of nitrogens with two attached hydrogens (primary N) is 1. The third-order valence-electron chi connectivity index (χ3n) is 3.87. The highest BCUT2D eigenvalue weighted by atomic mass is 16.4. The fourth-order valence-electron chi connectivity index (χ4n) is 2.74. The number of rotatable bonds is 6. The number of nitrogens with zero attached hydrogens (tertiary/aromatic N) is 3. The fourth-order valence-corrected chi connectivity index (χ4v) is 2.74. The molecule has 0 atom stereocenters. The molecule has 1 aromatic carbocycles. The third kappa shape index (κ3) is 3.63. The van der Waals surface area contributed by atoms with Crippen LogP contribution in [0.25, 0.3) is 0 Å². The van der Waals surface area contributed by atoms with E-state index in [2.05, 4.69) is 15.0 Å². The Labute approximate surface area is 120 Å². The highest BCUT2D eigenvalue weighted by molar-refractivity contribution is 6.02. The molecule has 1 heterocycles. The van der Waals surface area contributed by atoms with Crippen LogP contribution in [0.5, 0.6) is 0 Å². The fraction of sp³-hybridized carbons (Fsp3) is 0.533. The molecular weight excluding hydrogens is 252 g/mol. The summed E-state index contributed by atoms with van der Waals surface area (Å²) in [5.41, 5.74) is 7.51. The molecular formula is C15H24N4O. The largest absolute Gasteiger partial charge is 0.409 e. The number of hydrogen-bond donors (Lipinski definition) is 2. The predicted octanol–water partition coefficient (Wildman–Crippen LogP) is 1.70. The highest BCUT2D eigenvalue weighted by Crippen LogP contribution is 2.19. The first-order valence-corrected chi connectivity index (χ1v) is 7.23. The number of oxime groups is 1. The molecule has 20 heavy (non-hydrogen) atoms. The zero-order valence-electron chi connectivity index (χ0n) is 12.1. The molecule has 1 fully saturated rings. The average molecular weight is 276 g/mol. The standard InChI is InChI=1S/C15H24N4O/c1-18(9-6-12-19-10-4-5-11-19)14-8-3-2-7-13(14)15(16)17-20/h2-3,7-8,20H,4-6,9-12H2,1H3,(H2,16,17). The first-order valence-electron chi connectivity index (χ1n) is 7.23. The van der Waals surface area contributed by atoms with Crippen LogP contribution in [0.15, 0.2) is 29.4 Å². The molecule has 0 unspecified atom stereocenters. The van der Waals surface area contributed by atoms with E-state index in [4.69, 9.17) is 10.9 Å². The van der Waals surface area contributed by atoms with Crippen molar-refractivity contribution in [3.63, 3.8) is 0 Å². The number of benzene rings is 1. The van der Waals surface area contributed by atoms with Gasteiger partial charge in [0.2, 0.25) is 0 Å². The van der Waals surface area contributed by atoms with Gasteiger partial charge >= 0.3 is 0 Å². The van der Waals surface area contributed by atoms with E-state index in [1.165, 1.54) is 25.9 Å². The number of amidine groups is 1. The van der Waals surface area contributed by atoms with Crippen LogP contribution in [0, 0.1) is 0 Å². The molecule has 1 aromatic rings. The molecule has 5 heteroatoms. The van der Waals surface area contributed by atoms with Crippen LogP contribution in [0.1, 0.15) is 24.8 Å². The maximum Gasteiger partial charge on any atom is 0.172 e. The van der Waals surface area contributed by atoms with Crippen molar-refractivity contribution in [2.24, 2.45) is 10.9 Å². The van der Waals surface area contributed by atoms with Crippen LogP contribution in [-0.2, 0) is 0 Å². The molecule has 0 radical (unpaired) electrons. The monoisotopic (exact) mass is 276 g/mol. The van der Waals surface area contributed by atoms with Gasteiger partial charge < -0.3 is 20.7 Å². The van der Waals surface area contributed by atoms with Crippen LogP contribution < -0.4 is 10.6 Å². The van der Waals surface area contributed by atoms with Crippen molar-refractivity contribution >= 4 is 11.5 Å². The Balaban J connectivity index is 1.92. The van der Waals surface area contributed by atoms with Gasteiger partial charge in [-0.25, -0.2) is 0 Å². The zero-order chi connectivity index (χ0) is 14.4. The van der Waals surface area contributed by atoms with Gasteiger partial charge in [-0.05, 0) is 51.0 Å². The Morgan fingerprint density at radius 2 is 2.05 bits per heavy atom. The van der Waals surface area contributed by atoms with Gasteiger partial charge in [0, 0.05) is 24.8 Å². The van der Waals surface area contributed by atoms with E-state index < -0.39 is 0 Å². The SMILES string of the molecule is CN(CCCN1CCCC1)c1ccccc1/C(N)=N/O. The van der Waals surface area contributed by atoms with Crippen molar-refractivity contribution in [2.75, 3.05) is 38.1 Å². The normalized spacial score (nSPS) is 16.6. The summed E-state index contributed by atoms with van der Waals surface area (Å²) >= 11 is 0. The van der Waals surface area contributed by atoms with Gasteiger partial charge in [0.25, 0.3) is 0 Å². The molecule has 3 N–H and O–H groups in total. The molecule has 0 saturated carbocycles. The summed E-state index contributed by atoms with van der Waals surface area (Å²) in [6.45, 7) is 4.59. The zero-order valence-corrected chi connectivity index (χ0v) is 12.1. The van der Waals surface area contributed by atoms with Gasteiger partial charge in [0.1, 0.15) is 0 Å². The van der Waals surface area contributed by atoms with Crippen molar-refractivity contribution < 1.29 is 5.21 Å². The smallest absolute Gasteiger partial charge is 0.172 e. The lowest BCUT2D eigenvalue weighted by molar-refractivity contribution is 0.318. The molecule has 0 spiro atoms. The molecule has 2 rings (SSSR count). The molecule has 0 aliphatic carbocycles. The summed E-state index contributed by atoms with van der Waals surface area (Å²) in [5.74, 6) is 0.159. The summed E-state index contributed by atoms with van der Waals surface area (Å²) in [6.07, 6.45) is 3.80. The lowest BCUT2D eigenvalue weighted by Crippen LogP contribution is -2.27. The predicted molar refractivity (Wildman–Crippen MR) is 82.5 cm³/mol. The minimum atomic E-state index is 0.159. The first kappa shape index (κ1) is 14.7. The molecule has 1 aliphatic heterocycles. The molecule has 1 aliphatic rings. The number of likely N-dealkylation sites (tertiary alicyclic amines) is 1. The van der Waals surface area contributed by atoms with Crippen molar-refractivity contribution in [3.05, 3.63) is 29.8 Å². The van der Waals surface area contributed by atoms with Gasteiger partial charge in [-0.3, -0.25) is 0 Å². The molecule has 0 aromatic heterocycles. The number of anilines is 1. The Kier molecular flexibility index (Phi) is 5.24. The molecule has 110 valence electrons. The second-order valence-electron chi connectivity index (χ2n) is 5.33. The quantitative estimate of drug-likeness (QED) is 0.359. The maximum atomic E-state index is 8.85. The second-order valence-corrected chi connectivity index (χ2v) is 5.33. The summed E-state index contributed by atoms with van der Waals surface area (Å²) in [5, 5.41) is 12.0. The van der Waals surface area contributed by atoms with Gasteiger partial charge in [-0.1, -0.05) is 17.3 Å². The van der Waals surface area contributed by atoms with Crippen molar-refractivity contribution in [3.8, 4) is 0 Å². The maximum absolute atomic E-state index is 8.85. The van der Waals surface area contributed by atoms with E-state index in [-0.39, 0.29) is 5.84 Å². The van der Waals surface area contributed by atoms with Crippen molar-refractivity contribution in [2.45, 2.75) is 19.3 Å². The average Bonchev–Trinajstić information content (AvgIpc) is 2.99. The van der Waals surface area contributed by atoms with E-state index in [0.29, 0.717) is 0 Å². The molecule has 0 amide bonds.